The second-order valence-corrected chi connectivity index (χ2v) is 6.26. The minimum Gasteiger partial charge on any atom is -0.396 e. The third kappa shape index (κ3) is 3.76. The number of amides is 1. The summed E-state index contributed by atoms with van der Waals surface area (Å²) in [6.07, 6.45) is 5.38. The number of rotatable bonds is 4. The van der Waals surface area contributed by atoms with Crippen molar-refractivity contribution in [3.05, 3.63) is 41.7 Å². The lowest BCUT2D eigenvalue weighted by Gasteiger charge is -2.27. The van der Waals surface area contributed by atoms with Crippen molar-refractivity contribution in [2.45, 2.75) is 38.6 Å². The van der Waals surface area contributed by atoms with E-state index >= 15 is 0 Å². The molecule has 3 rings (SSSR count). The molecule has 0 spiro atoms. The lowest BCUT2D eigenvalue weighted by molar-refractivity contribution is 0.0909. The van der Waals surface area contributed by atoms with Gasteiger partial charge in [0.05, 0.1) is 11.9 Å². The van der Waals surface area contributed by atoms with Gasteiger partial charge < -0.3 is 10.4 Å². The summed E-state index contributed by atoms with van der Waals surface area (Å²) in [6, 6.07) is 8.05. The summed E-state index contributed by atoms with van der Waals surface area (Å²) in [6.45, 7) is 2.26. The van der Waals surface area contributed by atoms with E-state index in [4.69, 9.17) is 5.11 Å². The lowest BCUT2D eigenvalue weighted by atomic mass is 9.86. The molecule has 1 saturated carbocycles. The van der Waals surface area contributed by atoms with Crippen LogP contribution >= 0.6 is 0 Å². The maximum absolute atomic E-state index is 12.3. The summed E-state index contributed by atoms with van der Waals surface area (Å²) in [5, 5.41) is 20.2. The van der Waals surface area contributed by atoms with Crippen LogP contribution in [0, 0.1) is 12.8 Å². The maximum atomic E-state index is 12.3. The van der Waals surface area contributed by atoms with Crippen molar-refractivity contribution in [2.24, 2.45) is 5.92 Å². The van der Waals surface area contributed by atoms with E-state index in [1.165, 1.54) is 5.56 Å². The van der Waals surface area contributed by atoms with Gasteiger partial charge in [-0.1, -0.05) is 22.9 Å². The minimum absolute atomic E-state index is 0.162. The molecule has 1 aliphatic rings. The highest BCUT2D eigenvalue weighted by atomic mass is 16.3. The number of hydrogen-bond acceptors (Lipinski definition) is 4. The van der Waals surface area contributed by atoms with Gasteiger partial charge in [0.1, 0.15) is 0 Å². The minimum atomic E-state index is -0.184. The Morgan fingerprint density at radius 2 is 1.96 bits per heavy atom. The topological polar surface area (TPSA) is 80.0 Å². The van der Waals surface area contributed by atoms with Crippen molar-refractivity contribution < 1.29 is 9.90 Å². The van der Waals surface area contributed by atoms with Crippen molar-refractivity contribution in [2.75, 3.05) is 6.61 Å². The van der Waals surface area contributed by atoms with Gasteiger partial charge in [-0.3, -0.25) is 4.79 Å². The Morgan fingerprint density at radius 1 is 1.26 bits per heavy atom. The van der Waals surface area contributed by atoms with Crippen molar-refractivity contribution in [3.63, 3.8) is 0 Å². The van der Waals surface area contributed by atoms with Crippen molar-refractivity contribution in [1.29, 1.82) is 0 Å². The Bertz CT molecular complexity index is 657. The van der Waals surface area contributed by atoms with Gasteiger partial charge in [-0.15, -0.1) is 5.10 Å². The van der Waals surface area contributed by atoms with E-state index in [1.54, 1.807) is 10.9 Å². The molecule has 0 atom stereocenters. The Labute approximate surface area is 135 Å². The monoisotopic (exact) mass is 314 g/mol. The van der Waals surface area contributed by atoms with Crippen LogP contribution in [-0.2, 0) is 0 Å². The number of benzene rings is 1. The molecule has 1 aromatic carbocycles. The van der Waals surface area contributed by atoms with Crippen LogP contribution in [0.15, 0.2) is 30.5 Å². The van der Waals surface area contributed by atoms with E-state index in [1.807, 2.05) is 31.2 Å². The molecule has 0 aliphatic heterocycles. The van der Waals surface area contributed by atoms with Gasteiger partial charge in [-0.2, -0.15) is 0 Å². The van der Waals surface area contributed by atoms with Gasteiger partial charge in [-0.05, 0) is 50.7 Å². The van der Waals surface area contributed by atoms with Crippen LogP contribution in [0.4, 0.5) is 0 Å². The number of aryl methyl sites for hydroxylation is 1. The molecule has 1 aromatic heterocycles. The Morgan fingerprint density at radius 3 is 2.61 bits per heavy atom. The average molecular weight is 314 g/mol. The van der Waals surface area contributed by atoms with Crippen LogP contribution in [0.1, 0.15) is 41.7 Å². The Hall–Kier alpha value is -2.21. The molecule has 1 fully saturated rings. The molecular formula is C17H22N4O2. The number of aliphatic hydroxyl groups excluding tert-OH is 1. The van der Waals surface area contributed by atoms with Gasteiger partial charge in [0.2, 0.25) is 0 Å². The van der Waals surface area contributed by atoms with E-state index in [9.17, 15) is 4.79 Å². The first-order valence-electron chi connectivity index (χ1n) is 8.07. The fraction of sp³-hybridized carbons (Fsp3) is 0.471. The quantitative estimate of drug-likeness (QED) is 0.902. The van der Waals surface area contributed by atoms with Gasteiger partial charge in [0.15, 0.2) is 5.69 Å². The highest BCUT2D eigenvalue weighted by Crippen LogP contribution is 2.23. The lowest BCUT2D eigenvalue weighted by Crippen LogP contribution is -2.38. The van der Waals surface area contributed by atoms with Crippen molar-refractivity contribution in [1.82, 2.24) is 20.3 Å². The molecule has 2 aromatic rings. The molecule has 1 amide bonds. The first kappa shape index (κ1) is 15.7. The van der Waals surface area contributed by atoms with E-state index < -0.39 is 0 Å². The number of nitrogens with one attached hydrogen (secondary N) is 1. The standard InChI is InChI=1S/C17H22N4O2/c1-12-2-8-15(9-3-12)21-10-16(19-20-21)17(23)18-14-6-4-13(11-22)5-7-14/h2-3,8-10,13-14,22H,4-7,11H2,1H3,(H,18,23). The highest BCUT2D eigenvalue weighted by molar-refractivity contribution is 5.92. The third-order valence-corrected chi connectivity index (χ3v) is 4.46. The van der Waals surface area contributed by atoms with Crippen molar-refractivity contribution in [3.8, 4) is 5.69 Å². The largest absolute Gasteiger partial charge is 0.396 e. The normalized spacial score (nSPS) is 21.1. The van der Waals surface area contributed by atoms with Gasteiger partial charge in [0.25, 0.3) is 5.91 Å². The summed E-state index contributed by atoms with van der Waals surface area (Å²) >= 11 is 0. The van der Waals surface area contributed by atoms with Gasteiger partial charge in [0, 0.05) is 12.6 Å². The van der Waals surface area contributed by atoms with Crippen LogP contribution in [0.5, 0.6) is 0 Å². The molecule has 0 unspecified atom stereocenters. The number of carbonyl (C=O) groups excluding carboxylic acids is 1. The van der Waals surface area contributed by atoms with Gasteiger partial charge in [-0.25, -0.2) is 4.68 Å². The van der Waals surface area contributed by atoms with Crippen LogP contribution in [0.2, 0.25) is 0 Å². The zero-order chi connectivity index (χ0) is 16.2. The maximum Gasteiger partial charge on any atom is 0.273 e. The molecule has 2 N–H and O–H groups in total. The molecule has 0 saturated heterocycles. The number of carbonyl (C=O) groups is 1. The zero-order valence-corrected chi connectivity index (χ0v) is 13.3. The summed E-state index contributed by atoms with van der Waals surface area (Å²) in [5.41, 5.74) is 2.38. The number of aliphatic hydroxyl groups is 1. The molecule has 6 nitrogen and oxygen atoms in total. The summed E-state index contributed by atoms with van der Waals surface area (Å²) in [5.74, 6) is 0.196. The average Bonchev–Trinajstić information content (AvgIpc) is 3.06. The molecule has 1 heterocycles. The predicted octanol–water partition coefficient (Wildman–Crippen LogP) is 1.86. The van der Waals surface area contributed by atoms with Crippen LogP contribution in [0.3, 0.4) is 0 Å². The molecule has 0 bridgehead atoms. The summed E-state index contributed by atoms with van der Waals surface area (Å²) in [4.78, 5) is 12.3. The SMILES string of the molecule is Cc1ccc(-n2cc(C(=O)NC3CCC(CO)CC3)nn2)cc1. The summed E-state index contributed by atoms with van der Waals surface area (Å²) in [7, 11) is 0. The second-order valence-electron chi connectivity index (χ2n) is 6.26. The number of nitrogens with zero attached hydrogens (tertiary/aromatic N) is 3. The fourth-order valence-corrected chi connectivity index (χ4v) is 2.94. The first-order valence-corrected chi connectivity index (χ1v) is 8.07. The summed E-state index contributed by atoms with van der Waals surface area (Å²) < 4.78 is 1.61. The fourth-order valence-electron chi connectivity index (χ4n) is 2.94. The Balaban J connectivity index is 1.61. The molecule has 1 aliphatic carbocycles. The third-order valence-electron chi connectivity index (χ3n) is 4.46. The first-order chi connectivity index (χ1) is 11.2. The van der Waals surface area contributed by atoms with E-state index in [0.717, 1.165) is 31.4 Å². The van der Waals surface area contributed by atoms with E-state index in [2.05, 4.69) is 15.6 Å². The molecule has 6 heteroatoms. The highest BCUT2D eigenvalue weighted by Gasteiger charge is 2.23. The number of aromatic nitrogens is 3. The molecule has 23 heavy (non-hydrogen) atoms. The van der Waals surface area contributed by atoms with Crippen LogP contribution in [0.25, 0.3) is 5.69 Å². The van der Waals surface area contributed by atoms with Crippen LogP contribution in [-0.4, -0.2) is 38.7 Å². The number of hydrogen-bond donors (Lipinski definition) is 2. The Kier molecular flexibility index (Phi) is 4.71. The zero-order valence-electron chi connectivity index (χ0n) is 13.3. The molecule has 0 radical (unpaired) electrons. The van der Waals surface area contributed by atoms with Crippen molar-refractivity contribution >= 4 is 5.91 Å². The van der Waals surface area contributed by atoms with Gasteiger partial charge >= 0.3 is 0 Å². The van der Waals surface area contributed by atoms with E-state index in [0.29, 0.717) is 11.6 Å². The predicted molar refractivity (Wildman–Crippen MR) is 86.4 cm³/mol. The molecular weight excluding hydrogens is 292 g/mol. The smallest absolute Gasteiger partial charge is 0.273 e. The second kappa shape index (κ2) is 6.91. The molecule has 122 valence electrons. The van der Waals surface area contributed by atoms with E-state index in [-0.39, 0.29) is 18.6 Å². The van der Waals surface area contributed by atoms with Crippen LogP contribution < -0.4 is 5.32 Å².